The van der Waals surface area contributed by atoms with Crippen molar-refractivity contribution in [1.82, 2.24) is 0 Å². The molecule has 0 aromatic heterocycles. The van der Waals surface area contributed by atoms with E-state index in [-0.39, 0.29) is 37.3 Å². The van der Waals surface area contributed by atoms with E-state index in [1.165, 1.54) is 18.4 Å². The molecule has 0 spiro atoms. The Morgan fingerprint density at radius 1 is 1.14 bits per heavy atom. The number of allylic oxidation sites excluding steroid dienone is 1. The average Bonchev–Trinajstić information content (AvgIpc) is 2.99. The van der Waals surface area contributed by atoms with Crippen molar-refractivity contribution in [3.63, 3.8) is 0 Å². The van der Waals surface area contributed by atoms with Gasteiger partial charge >= 0.3 is 11.9 Å². The molecule has 3 aliphatic rings. The quantitative estimate of drug-likeness (QED) is 0.0672. The standard InChI is InChI=1S/C28H39NO14/c1-2-18-19(4-3-15-9-16(25(37)38)11-29(10-15)6-7-30)20(26(39)40-8-5-17(33)12-31)14-41-27(18)43-28-24(36)23(35)22(34)21(13-32)42-28/h2-4,9,11,14,17-19,21-24,27-28,30-36H,1,5-8,10,12-13H2,(H,37,38)/p+1/b4-3+/t17-,18+,19-,21+,22+,23-,24+,27-,28-/m0/s1. The fraction of sp³-hybridized carbons (Fsp3) is 0.571. The van der Waals surface area contributed by atoms with Gasteiger partial charge in [-0.25, -0.2) is 9.59 Å². The molecule has 0 aromatic rings. The summed E-state index contributed by atoms with van der Waals surface area (Å²) >= 11 is 0. The molecule has 3 aliphatic heterocycles. The summed E-state index contributed by atoms with van der Waals surface area (Å²) in [7, 11) is 0. The number of aliphatic carboxylic acids is 1. The Morgan fingerprint density at radius 2 is 1.88 bits per heavy atom. The molecule has 1 saturated heterocycles. The lowest BCUT2D eigenvalue weighted by molar-refractivity contribution is -0.842. The van der Waals surface area contributed by atoms with Gasteiger partial charge in [0.2, 0.25) is 6.29 Å². The second kappa shape index (κ2) is 16.2. The Labute approximate surface area is 247 Å². The van der Waals surface area contributed by atoms with E-state index in [9.17, 15) is 45.3 Å². The molecular weight excluding hydrogens is 574 g/mol. The molecule has 0 radical (unpaired) electrons. The Kier molecular flexibility index (Phi) is 13.0. The minimum atomic E-state index is -1.72. The van der Waals surface area contributed by atoms with Crippen LogP contribution in [0.1, 0.15) is 6.42 Å². The largest absolute Gasteiger partial charge is 0.477 e. The first-order valence-electron chi connectivity index (χ1n) is 13.7. The summed E-state index contributed by atoms with van der Waals surface area (Å²) in [6.45, 7) is 2.84. The molecule has 0 bridgehead atoms. The van der Waals surface area contributed by atoms with Gasteiger partial charge in [0.05, 0.1) is 50.3 Å². The first kappa shape index (κ1) is 34.5. The Hall–Kier alpha value is -2.96. The molecule has 15 heteroatoms. The molecule has 43 heavy (non-hydrogen) atoms. The minimum Gasteiger partial charge on any atom is -0.477 e. The monoisotopic (exact) mass is 614 g/mol. The number of aliphatic hydroxyl groups excluding tert-OH is 7. The smallest absolute Gasteiger partial charge is 0.341 e. The first-order valence-corrected chi connectivity index (χ1v) is 13.7. The predicted molar refractivity (Wildman–Crippen MR) is 144 cm³/mol. The normalized spacial score (nSPS) is 33.6. The van der Waals surface area contributed by atoms with E-state index in [0.717, 1.165) is 6.26 Å². The van der Waals surface area contributed by atoms with Crippen LogP contribution in [0.15, 0.2) is 60.1 Å². The minimum absolute atomic E-state index is 0.0123. The zero-order valence-electron chi connectivity index (χ0n) is 23.3. The number of hydrogen-bond acceptors (Lipinski definition) is 13. The van der Waals surface area contributed by atoms with Gasteiger partial charge in [0.25, 0.3) is 0 Å². The molecule has 0 aliphatic carbocycles. The molecule has 15 nitrogen and oxygen atoms in total. The second-order valence-electron chi connectivity index (χ2n) is 10.3. The number of carbonyl (C=O) groups excluding carboxylic acids is 1. The summed E-state index contributed by atoms with van der Waals surface area (Å²) < 4.78 is 22.2. The number of aliphatic hydroxyl groups is 7. The van der Waals surface area contributed by atoms with Crippen LogP contribution in [0.3, 0.4) is 0 Å². The van der Waals surface area contributed by atoms with E-state index in [2.05, 4.69) is 6.58 Å². The fourth-order valence-corrected chi connectivity index (χ4v) is 4.84. The topological polar surface area (TPSA) is 237 Å². The van der Waals surface area contributed by atoms with Crippen molar-refractivity contribution >= 4 is 11.9 Å². The number of rotatable bonds is 14. The molecule has 1 fully saturated rings. The molecule has 0 saturated carbocycles. The first-order chi connectivity index (χ1) is 20.5. The van der Waals surface area contributed by atoms with Gasteiger partial charge in [-0.1, -0.05) is 18.2 Å². The number of carboxylic acids is 1. The summed E-state index contributed by atoms with van der Waals surface area (Å²) in [5, 5.41) is 77.7. The number of carbonyl (C=O) groups is 2. The molecule has 3 rings (SSSR count). The number of nitrogens with one attached hydrogen (secondary N) is 1. The SMILES string of the molecule is C=C[C@H]1[C@H](O[C@@H]2O[C@H](CO)[C@@H](O)[C@H](O)[C@H]2O)OC=C(C(=O)OCC[C@H](O)CO)[C@H]1/C=C/C1=CC(C(=O)O)=C[NH+](CCO)C1. The van der Waals surface area contributed by atoms with Gasteiger partial charge in [-0.15, -0.1) is 6.58 Å². The van der Waals surface area contributed by atoms with Crippen molar-refractivity contribution < 1.29 is 74.3 Å². The zero-order valence-corrected chi connectivity index (χ0v) is 23.3. The van der Waals surface area contributed by atoms with Crippen LogP contribution in [0.5, 0.6) is 0 Å². The highest BCUT2D eigenvalue weighted by Crippen LogP contribution is 2.36. The van der Waals surface area contributed by atoms with E-state index < -0.39 is 80.1 Å². The predicted octanol–water partition coefficient (Wildman–Crippen LogP) is -3.91. The fourth-order valence-electron chi connectivity index (χ4n) is 4.84. The molecule has 10 atom stereocenters. The molecular formula is C28H40NO14+. The third-order valence-electron chi connectivity index (χ3n) is 7.27. The van der Waals surface area contributed by atoms with Crippen LogP contribution < -0.4 is 4.90 Å². The van der Waals surface area contributed by atoms with Crippen LogP contribution in [0.25, 0.3) is 0 Å². The van der Waals surface area contributed by atoms with Gasteiger partial charge in [-0.2, -0.15) is 0 Å². The van der Waals surface area contributed by atoms with Gasteiger partial charge in [0.15, 0.2) is 6.29 Å². The average molecular weight is 615 g/mol. The van der Waals surface area contributed by atoms with Gasteiger partial charge in [0, 0.05) is 17.9 Å². The summed E-state index contributed by atoms with van der Waals surface area (Å²) in [6, 6.07) is 0. The third kappa shape index (κ3) is 8.79. The van der Waals surface area contributed by atoms with Gasteiger partial charge in [0.1, 0.15) is 49.3 Å². The van der Waals surface area contributed by atoms with Crippen LogP contribution in [0.2, 0.25) is 0 Å². The Balaban J connectivity index is 1.90. The molecule has 0 amide bonds. The number of hydrogen-bond donors (Lipinski definition) is 9. The summed E-state index contributed by atoms with van der Waals surface area (Å²) in [5.74, 6) is -3.66. The molecule has 240 valence electrons. The van der Waals surface area contributed by atoms with Crippen molar-refractivity contribution in [3.05, 3.63) is 60.1 Å². The van der Waals surface area contributed by atoms with E-state index in [1.807, 2.05) is 0 Å². The maximum absolute atomic E-state index is 13.1. The van der Waals surface area contributed by atoms with Crippen LogP contribution in [-0.4, -0.2) is 135 Å². The lowest BCUT2D eigenvalue weighted by Gasteiger charge is -2.42. The number of carboxylic acid groups (broad SMARTS) is 1. The highest BCUT2D eigenvalue weighted by atomic mass is 16.8. The van der Waals surface area contributed by atoms with Crippen LogP contribution in [0.4, 0.5) is 0 Å². The zero-order chi connectivity index (χ0) is 31.7. The highest BCUT2D eigenvalue weighted by Gasteiger charge is 2.47. The summed E-state index contributed by atoms with van der Waals surface area (Å²) in [5.41, 5.74) is 0.601. The van der Waals surface area contributed by atoms with Gasteiger partial charge in [-0.3, -0.25) is 0 Å². The number of ether oxygens (including phenoxy) is 4. The van der Waals surface area contributed by atoms with Crippen molar-refractivity contribution in [3.8, 4) is 0 Å². The summed E-state index contributed by atoms with van der Waals surface area (Å²) in [6.07, 6.45) is -1.52. The van der Waals surface area contributed by atoms with Crippen LogP contribution in [-0.2, 0) is 28.5 Å². The lowest BCUT2D eigenvalue weighted by Crippen LogP contribution is -3.08. The third-order valence-corrected chi connectivity index (χ3v) is 7.27. The molecule has 9 N–H and O–H groups in total. The molecule has 3 heterocycles. The maximum Gasteiger partial charge on any atom is 0.341 e. The van der Waals surface area contributed by atoms with Gasteiger partial charge in [-0.05, 0) is 6.08 Å². The maximum atomic E-state index is 13.1. The van der Waals surface area contributed by atoms with Crippen molar-refractivity contribution in [1.29, 1.82) is 0 Å². The number of esters is 1. The second-order valence-corrected chi connectivity index (χ2v) is 10.3. The van der Waals surface area contributed by atoms with Gasteiger partial charge < -0.3 is 64.7 Å². The molecule has 0 aromatic carbocycles. The van der Waals surface area contributed by atoms with Crippen LogP contribution in [0, 0.1) is 11.8 Å². The highest BCUT2D eigenvalue weighted by molar-refractivity contribution is 5.90. The van der Waals surface area contributed by atoms with E-state index >= 15 is 0 Å². The summed E-state index contributed by atoms with van der Waals surface area (Å²) in [4.78, 5) is 25.4. The lowest BCUT2D eigenvalue weighted by atomic mass is 9.83. The van der Waals surface area contributed by atoms with Crippen molar-refractivity contribution in [2.45, 2.75) is 49.5 Å². The van der Waals surface area contributed by atoms with E-state index in [0.29, 0.717) is 17.0 Å². The van der Waals surface area contributed by atoms with E-state index in [4.69, 9.17) is 24.1 Å². The Bertz CT molecular complexity index is 1100. The van der Waals surface area contributed by atoms with E-state index in [1.54, 1.807) is 12.2 Å². The molecule has 1 unspecified atom stereocenters. The van der Waals surface area contributed by atoms with Crippen LogP contribution >= 0.6 is 0 Å². The Morgan fingerprint density at radius 3 is 2.51 bits per heavy atom. The van der Waals surface area contributed by atoms with Crippen molar-refractivity contribution in [2.24, 2.45) is 11.8 Å². The van der Waals surface area contributed by atoms with Crippen molar-refractivity contribution in [2.75, 3.05) is 39.5 Å². The number of quaternary nitrogens is 1.